The van der Waals surface area contributed by atoms with Crippen molar-refractivity contribution in [2.24, 2.45) is 0 Å². The van der Waals surface area contributed by atoms with E-state index in [1.165, 1.54) is 4.90 Å². The molecule has 0 radical (unpaired) electrons. The summed E-state index contributed by atoms with van der Waals surface area (Å²) in [7, 11) is 0. The lowest BCUT2D eigenvalue weighted by atomic mass is 10.2. The molecule has 5 nitrogen and oxygen atoms in total. The van der Waals surface area contributed by atoms with Crippen LogP contribution < -0.4 is 5.32 Å². The minimum Gasteiger partial charge on any atom is -0.465 e. The molecule has 0 aromatic carbocycles. The summed E-state index contributed by atoms with van der Waals surface area (Å²) in [5, 5.41) is 12.0. The topological polar surface area (TPSA) is 65.5 Å². The van der Waals surface area contributed by atoms with Crippen molar-refractivity contribution < 1.29 is 9.90 Å². The molecule has 0 spiro atoms. The molecule has 0 saturated heterocycles. The quantitative estimate of drug-likeness (QED) is 0.644. The normalized spacial score (nSPS) is 15.3. The van der Waals surface area contributed by atoms with Crippen LogP contribution in [0, 0.1) is 0 Å². The predicted octanol–water partition coefficient (Wildman–Crippen LogP) is 0.987. The van der Waals surface area contributed by atoms with Crippen molar-refractivity contribution in [2.75, 3.05) is 18.4 Å². The number of amides is 1. The van der Waals surface area contributed by atoms with E-state index in [2.05, 4.69) is 10.3 Å². The fraction of sp³-hybridized carbons (Fsp3) is 0.333. The molecule has 74 valence electrons. The van der Waals surface area contributed by atoms with E-state index in [1.807, 2.05) is 12.1 Å². The molecule has 0 bridgehead atoms. The fourth-order valence-corrected chi connectivity index (χ4v) is 1.48. The molecule has 0 atom stereocenters. The van der Waals surface area contributed by atoms with Crippen molar-refractivity contribution in [3.8, 4) is 0 Å². The fourth-order valence-electron chi connectivity index (χ4n) is 1.48. The lowest BCUT2D eigenvalue weighted by Gasteiger charge is -2.15. The van der Waals surface area contributed by atoms with Crippen molar-refractivity contribution >= 4 is 11.9 Å². The molecule has 2 heterocycles. The van der Waals surface area contributed by atoms with Crippen LogP contribution >= 0.6 is 0 Å². The molecule has 2 rings (SSSR count). The Morgan fingerprint density at radius 3 is 3.29 bits per heavy atom. The third-order valence-electron chi connectivity index (χ3n) is 2.20. The number of hydrogen-bond acceptors (Lipinski definition) is 3. The van der Waals surface area contributed by atoms with Gasteiger partial charge in [-0.25, -0.2) is 9.78 Å². The smallest absolute Gasteiger partial charge is 0.407 e. The molecule has 2 N–H and O–H groups in total. The highest BCUT2D eigenvalue weighted by Crippen LogP contribution is 2.16. The molecule has 5 heteroatoms. The zero-order valence-corrected chi connectivity index (χ0v) is 7.60. The highest BCUT2D eigenvalue weighted by molar-refractivity contribution is 5.66. The Morgan fingerprint density at radius 1 is 1.64 bits per heavy atom. The van der Waals surface area contributed by atoms with Crippen molar-refractivity contribution in [3.63, 3.8) is 0 Å². The van der Waals surface area contributed by atoms with Gasteiger partial charge in [0.2, 0.25) is 0 Å². The Hall–Kier alpha value is -1.78. The standard InChI is InChI=1S/C9H11N3O2/c13-9(14)12-5-4-11-8-7(6-12)2-1-3-10-8/h1-3H,4-6H2,(H,10,11)(H,13,14). The second-order valence-electron chi connectivity index (χ2n) is 3.14. The highest BCUT2D eigenvalue weighted by atomic mass is 16.4. The number of pyridine rings is 1. The summed E-state index contributed by atoms with van der Waals surface area (Å²) in [4.78, 5) is 16.3. The van der Waals surface area contributed by atoms with Gasteiger partial charge < -0.3 is 15.3 Å². The maximum Gasteiger partial charge on any atom is 0.407 e. The van der Waals surface area contributed by atoms with Gasteiger partial charge in [0.15, 0.2) is 0 Å². The van der Waals surface area contributed by atoms with E-state index in [-0.39, 0.29) is 0 Å². The summed E-state index contributed by atoms with van der Waals surface area (Å²) in [5.74, 6) is 0.788. The van der Waals surface area contributed by atoms with Gasteiger partial charge in [-0.05, 0) is 6.07 Å². The van der Waals surface area contributed by atoms with E-state index >= 15 is 0 Å². The summed E-state index contributed by atoms with van der Waals surface area (Å²) in [6.07, 6.45) is 0.811. The number of aromatic nitrogens is 1. The molecule has 1 aromatic rings. The number of rotatable bonds is 0. The minimum absolute atomic E-state index is 0.408. The summed E-state index contributed by atoms with van der Waals surface area (Å²) in [5.41, 5.74) is 0.924. The van der Waals surface area contributed by atoms with Gasteiger partial charge in [-0.15, -0.1) is 0 Å². The molecule has 14 heavy (non-hydrogen) atoms. The molecule has 1 aromatic heterocycles. The van der Waals surface area contributed by atoms with Crippen molar-refractivity contribution in [1.29, 1.82) is 0 Å². The Kier molecular flexibility index (Phi) is 2.22. The number of carboxylic acid groups (broad SMARTS) is 1. The number of carbonyl (C=O) groups is 1. The second kappa shape index (κ2) is 3.53. The van der Waals surface area contributed by atoms with Crippen molar-refractivity contribution in [3.05, 3.63) is 23.9 Å². The van der Waals surface area contributed by atoms with Gasteiger partial charge in [0.1, 0.15) is 5.82 Å². The largest absolute Gasteiger partial charge is 0.465 e. The lowest BCUT2D eigenvalue weighted by molar-refractivity contribution is 0.145. The highest BCUT2D eigenvalue weighted by Gasteiger charge is 2.17. The summed E-state index contributed by atoms with van der Waals surface area (Å²) in [6, 6.07) is 3.70. The van der Waals surface area contributed by atoms with Crippen LogP contribution in [0.5, 0.6) is 0 Å². The van der Waals surface area contributed by atoms with Gasteiger partial charge in [0.25, 0.3) is 0 Å². The Bertz CT molecular complexity index is 354. The first-order valence-electron chi connectivity index (χ1n) is 4.43. The summed E-state index contributed by atoms with van der Waals surface area (Å²) in [6.45, 7) is 1.51. The van der Waals surface area contributed by atoms with Gasteiger partial charge in [0.05, 0.1) is 6.54 Å². The average molecular weight is 193 g/mol. The first-order valence-corrected chi connectivity index (χ1v) is 4.43. The van der Waals surface area contributed by atoms with Gasteiger partial charge in [0, 0.05) is 24.8 Å². The zero-order chi connectivity index (χ0) is 9.97. The van der Waals surface area contributed by atoms with Crippen LogP contribution in [-0.2, 0) is 6.54 Å². The van der Waals surface area contributed by atoms with Crippen LogP contribution in [0.25, 0.3) is 0 Å². The predicted molar refractivity (Wildman–Crippen MR) is 51.2 cm³/mol. The molecule has 0 unspecified atom stereocenters. The number of nitrogens with one attached hydrogen (secondary N) is 1. The molecule has 0 saturated carbocycles. The second-order valence-corrected chi connectivity index (χ2v) is 3.14. The van der Waals surface area contributed by atoms with E-state index < -0.39 is 6.09 Å². The van der Waals surface area contributed by atoms with Crippen LogP contribution in [0.2, 0.25) is 0 Å². The van der Waals surface area contributed by atoms with Crippen molar-refractivity contribution in [2.45, 2.75) is 6.54 Å². The van der Waals surface area contributed by atoms with Gasteiger partial charge in [-0.3, -0.25) is 0 Å². The molecular weight excluding hydrogens is 182 g/mol. The number of hydrogen-bond donors (Lipinski definition) is 2. The van der Waals surface area contributed by atoms with Crippen LogP contribution in [-0.4, -0.2) is 34.2 Å². The van der Waals surface area contributed by atoms with Gasteiger partial charge in [-0.2, -0.15) is 0 Å². The molecule has 1 aliphatic rings. The first-order chi connectivity index (χ1) is 6.77. The van der Waals surface area contributed by atoms with Gasteiger partial charge >= 0.3 is 6.09 Å². The molecule has 1 amide bonds. The molecule has 1 aliphatic heterocycles. The third kappa shape index (κ3) is 1.61. The van der Waals surface area contributed by atoms with E-state index in [0.717, 1.165) is 11.4 Å². The number of nitrogens with zero attached hydrogens (tertiary/aromatic N) is 2. The van der Waals surface area contributed by atoms with Crippen LogP contribution in [0.4, 0.5) is 10.6 Å². The van der Waals surface area contributed by atoms with Gasteiger partial charge in [-0.1, -0.05) is 6.07 Å². The maximum absolute atomic E-state index is 10.8. The minimum atomic E-state index is -0.886. The third-order valence-corrected chi connectivity index (χ3v) is 2.20. The molecule has 0 aliphatic carbocycles. The lowest BCUT2D eigenvalue weighted by Crippen LogP contribution is -2.31. The van der Waals surface area contributed by atoms with E-state index in [1.54, 1.807) is 6.20 Å². The maximum atomic E-state index is 10.8. The van der Waals surface area contributed by atoms with E-state index in [0.29, 0.717) is 19.6 Å². The number of anilines is 1. The Morgan fingerprint density at radius 2 is 2.50 bits per heavy atom. The first kappa shape index (κ1) is 8.80. The van der Waals surface area contributed by atoms with Crippen LogP contribution in [0.1, 0.15) is 5.56 Å². The Balaban J connectivity index is 2.26. The summed E-state index contributed by atoms with van der Waals surface area (Å²) < 4.78 is 0. The average Bonchev–Trinajstić information content (AvgIpc) is 2.39. The Labute approximate surface area is 81.4 Å². The number of fused-ring (bicyclic) bond motifs is 1. The summed E-state index contributed by atoms with van der Waals surface area (Å²) >= 11 is 0. The van der Waals surface area contributed by atoms with Crippen molar-refractivity contribution in [1.82, 2.24) is 9.88 Å². The monoisotopic (exact) mass is 193 g/mol. The van der Waals surface area contributed by atoms with Crippen LogP contribution in [0.3, 0.4) is 0 Å². The zero-order valence-electron chi connectivity index (χ0n) is 7.60. The van der Waals surface area contributed by atoms with E-state index in [4.69, 9.17) is 5.11 Å². The molecular formula is C9H11N3O2. The SMILES string of the molecule is O=C(O)N1CCNc2ncccc2C1. The van der Waals surface area contributed by atoms with E-state index in [9.17, 15) is 4.79 Å². The van der Waals surface area contributed by atoms with Crippen LogP contribution in [0.15, 0.2) is 18.3 Å². The molecule has 0 fully saturated rings.